The third-order valence-corrected chi connectivity index (χ3v) is 2.80. The van der Waals surface area contributed by atoms with Crippen LogP contribution in [0.2, 0.25) is 0 Å². The highest BCUT2D eigenvalue weighted by Gasteiger charge is 2.12. The van der Waals surface area contributed by atoms with E-state index < -0.39 is 5.91 Å². The van der Waals surface area contributed by atoms with Gasteiger partial charge in [-0.25, -0.2) is 0 Å². The molecule has 1 aromatic rings. The van der Waals surface area contributed by atoms with Crippen molar-refractivity contribution in [3.8, 4) is 11.5 Å². The number of hydrazine groups is 1. The van der Waals surface area contributed by atoms with Crippen molar-refractivity contribution in [2.75, 3.05) is 13.7 Å². The molecule has 0 atom stereocenters. The standard InChI is InChI=1S/C16H24N2O4/c1-5-8-22-13-7-6-12(10-14(13)21-4)16(20)18-17-15(19)9-11(2)3/h6-7,10-11H,5,8-9H2,1-4H3,(H,17,19)(H,18,20). The van der Waals surface area contributed by atoms with Gasteiger partial charge in [-0.2, -0.15) is 0 Å². The number of nitrogens with one attached hydrogen (secondary N) is 2. The maximum Gasteiger partial charge on any atom is 0.269 e. The van der Waals surface area contributed by atoms with Crippen molar-refractivity contribution >= 4 is 11.8 Å². The van der Waals surface area contributed by atoms with E-state index in [1.807, 2.05) is 20.8 Å². The van der Waals surface area contributed by atoms with E-state index in [4.69, 9.17) is 9.47 Å². The van der Waals surface area contributed by atoms with Gasteiger partial charge in [0, 0.05) is 12.0 Å². The molecule has 2 N–H and O–H groups in total. The van der Waals surface area contributed by atoms with E-state index in [1.54, 1.807) is 18.2 Å². The number of carbonyl (C=O) groups excluding carboxylic acids is 2. The molecular formula is C16H24N2O4. The van der Waals surface area contributed by atoms with Crippen LogP contribution in [-0.2, 0) is 4.79 Å². The predicted molar refractivity (Wildman–Crippen MR) is 83.8 cm³/mol. The van der Waals surface area contributed by atoms with Crippen LogP contribution in [0.1, 0.15) is 44.0 Å². The normalized spacial score (nSPS) is 10.2. The molecule has 6 heteroatoms. The quantitative estimate of drug-likeness (QED) is 0.758. The fourth-order valence-electron chi connectivity index (χ4n) is 1.76. The lowest BCUT2D eigenvalue weighted by Gasteiger charge is -2.12. The van der Waals surface area contributed by atoms with Gasteiger partial charge in [0.25, 0.3) is 5.91 Å². The van der Waals surface area contributed by atoms with E-state index in [9.17, 15) is 9.59 Å². The molecule has 122 valence electrons. The molecule has 6 nitrogen and oxygen atoms in total. The summed E-state index contributed by atoms with van der Waals surface area (Å²) in [6.07, 6.45) is 1.24. The van der Waals surface area contributed by atoms with Gasteiger partial charge in [-0.3, -0.25) is 20.4 Å². The summed E-state index contributed by atoms with van der Waals surface area (Å²) in [5.74, 6) is 0.669. The Balaban J connectivity index is 2.67. The second-order valence-corrected chi connectivity index (χ2v) is 5.31. The van der Waals surface area contributed by atoms with E-state index in [-0.39, 0.29) is 11.8 Å². The van der Waals surface area contributed by atoms with Crippen LogP contribution in [0.15, 0.2) is 18.2 Å². The van der Waals surface area contributed by atoms with Gasteiger partial charge in [-0.05, 0) is 30.5 Å². The highest BCUT2D eigenvalue weighted by Crippen LogP contribution is 2.28. The van der Waals surface area contributed by atoms with Gasteiger partial charge in [0.1, 0.15) is 0 Å². The number of hydrogen-bond donors (Lipinski definition) is 2. The van der Waals surface area contributed by atoms with Crippen molar-refractivity contribution in [2.24, 2.45) is 5.92 Å². The lowest BCUT2D eigenvalue weighted by molar-refractivity contribution is -0.122. The second-order valence-electron chi connectivity index (χ2n) is 5.31. The van der Waals surface area contributed by atoms with E-state index in [0.29, 0.717) is 30.1 Å². The zero-order chi connectivity index (χ0) is 16.5. The first-order valence-electron chi connectivity index (χ1n) is 7.38. The summed E-state index contributed by atoms with van der Waals surface area (Å²) in [5, 5.41) is 0. The van der Waals surface area contributed by atoms with Crippen LogP contribution in [0.4, 0.5) is 0 Å². The minimum Gasteiger partial charge on any atom is -0.493 e. The van der Waals surface area contributed by atoms with Crippen molar-refractivity contribution in [2.45, 2.75) is 33.6 Å². The summed E-state index contributed by atoms with van der Waals surface area (Å²) >= 11 is 0. The van der Waals surface area contributed by atoms with Crippen molar-refractivity contribution in [3.63, 3.8) is 0 Å². The van der Waals surface area contributed by atoms with Gasteiger partial charge in [0.2, 0.25) is 5.91 Å². The number of hydrogen-bond acceptors (Lipinski definition) is 4. The summed E-state index contributed by atoms with van der Waals surface area (Å²) in [6, 6.07) is 4.88. The number of amides is 2. The molecule has 0 unspecified atom stereocenters. The Labute approximate surface area is 131 Å². The number of rotatable bonds is 7. The van der Waals surface area contributed by atoms with Crippen LogP contribution in [0, 0.1) is 5.92 Å². The number of ether oxygens (including phenoxy) is 2. The number of methoxy groups -OCH3 is 1. The lowest BCUT2D eigenvalue weighted by atomic mass is 10.1. The molecule has 22 heavy (non-hydrogen) atoms. The van der Waals surface area contributed by atoms with Gasteiger partial charge in [-0.1, -0.05) is 20.8 Å². The molecule has 0 aromatic heterocycles. The van der Waals surface area contributed by atoms with Gasteiger partial charge in [0.05, 0.1) is 13.7 Å². The molecular weight excluding hydrogens is 284 g/mol. The molecule has 0 spiro atoms. The monoisotopic (exact) mass is 308 g/mol. The van der Waals surface area contributed by atoms with Gasteiger partial charge < -0.3 is 9.47 Å². The van der Waals surface area contributed by atoms with Crippen LogP contribution in [-0.4, -0.2) is 25.5 Å². The Bertz CT molecular complexity index is 515. The number of benzene rings is 1. The smallest absolute Gasteiger partial charge is 0.269 e. The molecule has 0 fully saturated rings. The van der Waals surface area contributed by atoms with Gasteiger partial charge in [0.15, 0.2) is 11.5 Å². The average molecular weight is 308 g/mol. The van der Waals surface area contributed by atoms with Crippen molar-refractivity contribution in [1.29, 1.82) is 0 Å². The highest BCUT2D eigenvalue weighted by atomic mass is 16.5. The summed E-state index contributed by atoms with van der Waals surface area (Å²) in [4.78, 5) is 23.5. The zero-order valence-corrected chi connectivity index (χ0v) is 13.6. The maximum atomic E-state index is 12.0. The topological polar surface area (TPSA) is 76.7 Å². The van der Waals surface area contributed by atoms with Crippen LogP contribution >= 0.6 is 0 Å². The van der Waals surface area contributed by atoms with Crippen molar-refractivity contribution < 1.29 is 19.1 Å². The summed E-state index contributed by atoms with van der Waals surface area (Å²) in [7, 11) is 1.51. The first-order chi connectivity index (χ1) is 10.5. The zero-order valence-electron chi connectivity index (χ0n) is 13.6. The molecule has 0 aliphatic carbocycles. The Morgan fingerprint density at radius 3 is 2.50 bits per heavy atom. The molecule has 0 saturated carbocycles. The van der Waals surface area contributed by atoms with E-state index >= 15 is 0 Å². The second kappa shape index (κ2) is 8.92. The van der Waals surface area contributed by atoms with Crippen LogP contribution in [0.5, 0.6) is 11.5 Å². The minimum atomic E-state index is -0.405. The molecule has 0 radical (unpaired) electrons. The van der Waals surface area contributed by atoms with Crippen LogP contribution < -0.4 is 20.3 Å². The summed E-state index contributed by atoms with van der Waals surface area (Å²) in [6.45, 7) is 6.45. The lowest BCUT2D eigenvalue weighted by Crippen LogP contribution is -2.42. The Morgan fingerprint density at radius 1 is 1.18 bits per heavy atom. The Kier molecular flexibility index (Phi) is 7.22. The fraction of sp³-hybridized carbons (Fsp3) is 0.500. The number of carbonyl (C=O) groups is 2. The van der Waals surface area contributed by atoms with E-state index in [0.717, 1.165) is 6.42 Å². The van der Waals surface area contributed by atoms with Gasteiger partial charge in [-0.15, -0.1) is 0 Å². The average Bonchev–Trinajstić information content (AvgIpc) is 2.49. The molecule has 0 aliphatic heterocycles. The molecule has 0 aliphatic rings. The maximum absolute atomic E-state index is 12.0. The highest BCUT2D eigenvalue weighted by molar-refractivity contribution is 5.96. The van der Waals surface area contributed by atoms with Crippen LogP contribution in [0.25, 0.3) is 0 Å². The first kappa shape index (κ1) is 17.8. The molecule has 0 heterocycles. The largest absolute Gasteiger partial charge is 0.493 e. The van der Waals surface area contributed by atoms with Crippen molar-refractivity contribution in [3.05, 3.63) is 23.8 Å². The Hall–Kier alpha value is -2.24. The summed E-state index contributed by atoms with van der Waals surface area (Å²) < 4.78 is 10.7. The molecule has 1 aromatic carbocycles. The SMILES string of the molecule is CCCOc1ccc(C(=O)NNC(=O)CC(C)C)cc1OC. The molecule has 0 saturated heterocycles. The first-order valence-corrected chi connectivity index (χ1v) is 7.38. The fourth-order valence-corrected chi connectivity index (χ4v) is 1.76. The molecule has 0 bridgehead atoms. The molecule has 2 amide bonds. The minimum absolute atomic E-state index is 0.224. The third-order valence-electron chi connectivity index (χ3n) is 2.80. The van der Waals surface area contributed by atoms with Gasteiger partial charge >= 0.3 is 0 Å². The van der Waals surface area contributed by atoms with Crippen LogP contribution in [0.3, 0.4) is 0 Å². The molecule has 1 rings (SSSR count). The summed E-state index contributed by atoms with van der Waals surface area (Å²) in [5.41, 5.74) is 5.15. The van der Waals surface area contributed by atoms with E-state index in [2.05, 4.69) is 10.9 Å². The Morgan fingerprint density at radius 2 is 1.91 bits per heavy atom. The third kappa shape index (κ3) is 5.63. The van der Waals surface area contributed by atoms with E-state index in [1.165, 1.54) is 7.11 Å². The van der Waals surface area contributed by atoms with Crippen molar-refractivity contribution in [1.82, 2.24) is 10.9 Å². The predicted octanol–water partition coefficient (Wildman–Crippen LogP) is 2.29.